The first-order valence-corrected chi connectivity index (χ1v) is 16.4. The average Bonchev–Trinajstić information content (AvgIpc) is 3.56. The lowest BCUT2D eigenvalue weighted by atomic mass is 9.93. The SMILES string of the molecule is c1ccc(-c2ccc(N(c3ccc(-c4ccccc4)cc3)c3ccccc3-c3cc4ccccc4c4oc5ccccc5c34)cc2)cc1. The predicted molar refractivity (Wildman–Crippen MR) is 202 cm³/mol. The van der Waals surface area contributed by atoms with E-state index in [0.29, 0.717) is 0 Å². The molecule has 0 bridgehead atoms. The number of furan rings is 1. The van der Waals surface area contributed by atoms with Gasteiger partial charge in [0.1, 0.15) is 11.2 Å². The van der Waals surface area contributed by atoms with E-state index in [0.717, 1.165) is 60.9 Å². The van der Waals surface area contributed by atoms with Crippen molar-refractivity contribution in [3.63, 3.8) is 0 Å². The molecule has 8 aromatic carbocycles. The summed E-state index contributed by atoms with van der Waals surface area (Å²) in [6.45, 7) is 0. The zero-order chi connectivity index (χ0) is 31.9. The molecule has 0 amide bonds. The molecule has 0 aliphatic carbocycles. The quantitative estimate of drug-likeness (QED) is 0.185. The van der Waals surface area contributed by atoms with Crippen molar-refractivity contribution in [2.75, 3.05) is 4.90 Å². The van der Waals surface area contributed by atoms with Gasteiger partial charge in [-0.25, -0.2) is 0 Å². The Labute approximate surface area is 279 Å². The van der Waals surface area contributed by atoms with E-state index >= 15 is 0 Å². The molecule has 1 aromatic heterocycles. The molecule has 9 rings (SSSR count). The van der Waals surface area contributed by atoms with Gasteiger partial charge >= 0.3 is 0 Å². The number of hydrogen-bond acceptors (Lipinski definition) is 2. The van der Waals surface area contributed by atoms with Gasteiger partial charge in [0.2, 0.25) is 0 Å². The second kappa shape index (κ2) is 11.8. The lowest BCUT2D eigenvalue weighted by Gasteiger charge is -2.28. The van der Waals surface area contributed by atoms with Crippen LogP contribution in [0.5, 0.6) is 0 Å². The monoisotopic (exact) mass is 613 g/mol. The van der Waals surface area contributed by atoms with Crippen molar-refractivity contribution in [1.82, 2.24) is 0 Å². The number of hydrogen-bond donors (Lipinski definition) is 0. The standard InChI is InChI=1S/C46H31NO/c1-3-13-32(14-4-1)34-23-27-37(28-24-34)47(38-29-25-35(26-30-38)33-15-5-2-6-16-33)43-21-11-9-19-40(43)42-31-36-17-7-8-18-39(36)46-45(42)41-20-10-12-22-44(41)48-46/h1-31H. The lowest BCUT2D eigenvalue weighted by molar-refractivity contribution is 0.673. The number of rotatable bonds is 6. The molecule has 1 heterocycles. The summed E-state index contributed by atoms with van der Waals surface area (Å²) in [5.74, 6) is 0. The Hall–Kier alpha value is -6.38. The van der Waals surface area contributed by atoms with Crippen molar-refractivity contribution in [2.24, 2.45) is 0 Å². The highest BCUT2D eigenvalue weighted by molar-refractivity contribution is 6.22. The van der Waals surface area contributed by atoms with E-state index < -0.39 is 0 Å². The lowest BCUT2D eigenvalue weighted by Crippen LogP contribution is -2.11. The van der Waals surface area contributed by atoms with Crippen LogP contribution >= 0.6 is 0 Å². The zero-order valence-electron chi connectivity index (χ0n) is 26.3. The fraction of sp³-hybridized carbons (Fsp3) is 0. The first kappa shape index (κ1) is 27.9. The number of para-hydroxylation sites is 2. The van der Waals surface area contributed by atoms with Crippen LogP contribution in [0.15, 0.2) is 192 Å². The van der Waals surface area contributed by atoms with Crippen LogP contribution < -0.4 is 4.90 Å². The molecule has 0 N–H and O–H groups in total. The van der Waals surface area contributed by atoms with Crippen molar-refractivity contribution in [3.8, 4) is 33.4 Å². The number of fused-ring (bicyclic) bond motifs is 5. The van der Waals surface area contributed by atoms with Crippen LogP contribution in [0.3, 0.4) is 0 Å². The first-order chi connectivity index (χ1) is 23.8. The largest absolute Gasteiger partial charge is 0.455 e. The van der Waals surface area contributed by atoms with Crippen molar-refractivity contribution >= 4 is 49.8 Å². The molecule has 0 fully saturated rings. The summed E-state index contributed by atoms with van der Waals surface area (Å²) in [6.07, 6.45) is 0. The summed E-state index contributed by atoms with van der Waals surface area (Å²) < 4.78 is 6.59. The highest BCUT2D eigenvalue weighted by atomic mass is 16.3. The third-order valence-electron chi connectivity index (χ3n) is 9.27. The predicted octanol–water partition coefficient (Wildman–Crippen LogP) is 13.2. The second-order valence-corrected chi connectivity index (χ2v) is 12.1. The highest BCUT2D eigenvalue weighted by Crippen LogP contribution is 2.47. The summed E-state index contributed by atoms with van der Waals surface area (Å²) in [4.78, 5) is 2.38. The molecule has 0 aliphatic rings. The number of benzene rings is 8. The number of anilines is 3. The Morgan fingerprint density at radius 1 is 0.375 bits per heavy atom. The molecule has 0 unspecified atom stereocenters. The summed E-state index contributed by atoms with van der Waals surface area (Å²) >= 11 is 0. The van der Waals surface area contributed by atoms with E-state index in [1.165, 1.54) is 22.3 Å². The Balaban J connectivity index is 1.27. The molecular formula is C46H31NO. The summed E-state index contributed by atoms with van der Waals surface area (Å²) in [6, 6.07) is 66.8. The van der Waals surface area contributed by atoms with E-state index in [-0.39, 0.29) is 0 Å². The minimum absolute atomic E-state index is 0.896. The van der Waals surface area contributed by atoms with Crippen LogP contribution in [0.1, 0.15) is 0 Å². The summed E-state index contributed by atoms with van der Waals surface area (Å²) in [5, 5.41) is 4.53. The van der Waals surface area contributed by atoms with Gasteiger partial charge < -0.3 is 9.32 Å². The van der Waals surface area contributed by atoms with Crippen LogP contribution in [0.2, 0.25) is 0 Å². The molecule has 0 atom stereocenters. The van der Waals surface area contributed by atoms with Gasteiger partial charge in [-0.2, -0.15) is 0 Å². The van der Waals surface area contributed by atoms with E-state index in [4.69, 9.17) is 4.42 Å². The maximum atomic E-state index is 6.59. The average molecular weight is 614 g/mol. The van der Waals surface area contributed by atoms with Crippen LogP contribution in [-0.4, -0.2) is 0 Å². The Bertz CT molecular complexity index is 2450. The van der Waals surface area contributed by atoms with Crippen LogP contribution in [0.4, 0.5) is 17.1 Å². The van der Waals surface area contributed by atoms with Gasteiger partial charge in [-0.15, -0.1) is 0 Å². The zero-order valence-corrected chi connectivity index (χ0v) is 26.3. The van der Waals surface area contributed by atoms with Crippen molar-refractivity contribution in [3.05, 3.63) is 188 Å². The molecule has 48 heavy (non-hydrogen) atoms. The molecule has 0 saturated heterocycles. The van der Waals surface area contributed by atoms with Crippen LogP contribution in [0, 0.1) is 0 Å². The second-order valence-electron chi connectivity index (χ2n) is 12.1. The maximum absolute atomic E-state index is 6.59. The van der Waals surface area contributed by atoms with Gasteiger partial charge in [0.15, 0.2) is 0 Å². The van der Waals surface area contributed by atoms with Gasteiger partial charge in [0.25, 0.3) is 0 Å². The van der Waals surface area contributed by atoms with E-state index in [9.17, 15) is 0 Å². The molecule has 9 aromatic rings. The smallest absolute Gasteiger partial charge is 0.143 e. The summed E-state index contributed by atoms with van der Waals surface area (Å²) in [5.41, 5.74) is 12.2. The Morgan fingerprint density at radius 3 is 1.52 bits per heavy atom. The summed E-state index contributed by atoms with van der Waals surface area (Å²) in [7, 11) is 0. The fourth-order valence-electron chi connectivity index (χ4n) is 6.96. The van der Waals surface area contributed by atoms with Gasteiger partial charge in [-0.1, -0.05) is 146 Å². The normalized spacial score (nSPS) is 11.3. The molecule has 0 radical (unpaired) electrons. The van der Waals surface area contributed by atoms with Crippen molar-refractivity contribution < 1.29 is 4.42 Å². The van der Waals surface area contributed by atoms with Gasteiger partial charge in [0.05, 0.1) is 5.69 Å². The molecule has 0 spiro atoms. The molecule has 0 aliphatic heterocycles. The highest BCUT2D eigenvalue weighted by Gasteiger charge is 2.22. The topological polar surface area (TPSA) is 16.4 Å². The third kappa shape index (κ3) is 4.83. The molecule has 0 saturated carbocycles. The van der Waals surface area contributed by atoms with Crippen molar-refractivity contribution in [2.45, 2.75) is 0 Å². The fourth-order valence-corrected chi connectivity index (χ4v) is 6.96. The van der Waals surface area contributed by atoms with Gasteiger partial charge in [0, 0.05) is 33.1 Å². The minimum atomic E-state index is 0.896. The minimum Gasteiger partial charge on any atom is -0.455 e. The Kier molecular flexibility index (Phi) is 6.84. The number of nitrogens with zero attached hydrogens (tertiary/aromatic N) is 1. The first-order valence-electron chi connectivity index (χ1n) is 16.4. The maximum Gasteiger partial charge on any atom is 0.143 e. The van der Waals surface area contributed by atoms with E-state index in [1.54, 1.807) is 0 Å². The molecular weight excluding hydrogens is 583 g/mol. The van der Waals surface area contributed by atoms with Gasteiger partial charge in [-0.3, -0.25) is 0 Å². The van der Waals surface area contributed by atoms with E-state index in [2.05, 4.69) is 187 Å². The molecule has 2 nitrogen and oxygen atoms in total. The van der Waals surface area contributed by atoms with E-state index in [1.807, 2.05) is 6.07 Å². The van der Waals surface area contributed by atoms with Gasteiger partial charge in [-0.05, 0) is 75.7 Å². The van der Waals surface area contributed by atoms with Crippen LogP contribution in [-0.2, 0) is 0 Å². The van der Waals surface area contributed by atoms with Crippen LogP contribution in [0.25, 0.3) is 66.1 Å². The molecule has 226 valence electrons. The van der Waals surface area contributed by atoms with Crippen molar-refractivity contribution in [1.29, 1.82) is 0 Å². The Morgan fingerprint density at radius 2 is 0.875 bits per heavy atom. The third-order valence-corrected chi connectivity index (χ3v) is 9.27. The molecule has 2 heteroatoms.